The van der Waals surface area contributed by atoms with Crippen LogP contribution in [0.5, 0.6) is 5.75 Å². The van der Waals surface area contributed by atoms with Crippen molar-refractivity contribution < 1.29 is 9.26 Å². The minimum atomic E-state index is 0.447. The Morgan fingerprint density at radius 1 is 1.38 bits per heavy atom. The molecular formula is C15H15N3O2S. The lowest BCUT2D eigenvalue weighted by atomic mass is 10.2. The second-order valence-electron chi connectivity index (χ2n) is 4.55. The van der Waals surface area contributed by atoms with Gasteiger partial charge in [-0.3, -0.25) is 0 Å². The van der Waals surface area contributed by atoms with Gasteiger partial charge in [-0.15, -0.1) is 11.3 Å². The molecule has 2 N–H and O–H groups in total. The average Bonchev–Trinajstić information content (AvgIpc) is 3.08. The van der Waals surface area contributed by atoms with Crippen LogP contribution in [0.25, 0.3) is 22.2 Å². The summed E-state index contributed by atoms with van der Waals surface area (Å²) in [4.78, 5) is 5.24. The third kappa shape index (κ3) is 2.62. The number of nitrogen functional groups attached to an aromatic ring is 1. The van der Waals surface area contributed by atoms with Crippen molar-refractivity contribution in [2.24, 2.45) is 0 Å². The van der Waals surface area contributed by atoms with E-state index < -0.39 is 0 Å². The predicted molar refractivity (Wildman–Crippen MR) is 83.4 cm³/mol. The maximum atomic E-state index is 6.01. The maximum absolute atomic E-state index is 6.01. The highest BCUT2D eigenvalue weighted by molar-refractivity contribution is 7.14. The first kappa shape index (κ1) is 13.6. The number of ether oxygens (including phenoxy) is 1. The Bertz CT molecular complexity index is 764. The first-order chi connectivity index (χ1) is 10.2. The van der Waals surface area contributed by atoms with Gasteiger partial charge in [0, 0.05) is 5.56 Å². The molecule has 5 nitrogen and oxygen atoms in total. The first-order valence-electron chi connectivity index (χ1n) is 6.60. The van der Waals surface area contributed by atoms with E-state index in [-0.39, 0.29) is 0 Å². The summed E-state index contributed by atoms with van der Waals surface area (Å²) in [5.41, 5.74) is 8.57. The van der Waals surface area contributed by atoms with E-state index in [4.69, 9.17) is 15.0 Å². The van der Waals surface area contributed by atoms with Gasteiger partial charge in [0.25, 0.3) is 5.89 Å². The van der Waals surface area contributed by atoms with E-state index in [0.29, 0.717) is 24.0 Å². The minimum absolute atomic E-state index is 0.447. The summed E-state index contributed by atoms with van der Waals surface area (Å²) in [5, 5.41) is 6.00. The smallest absolute Gasteiger partial charge is 0.270 e. The molecule has 0 amide bonds. The molecule has 2 heterocycles. The number of benzene rings is 1. The second kappa shape index (κ2) is 5.57. The Kier molecular flexibility index (Phi) is 3.62. The Morgan fingerprint density at radius 3 is 2.95 bits per heavy atom. The Labute approximate surface area is 126 Å². The van der Waals surface area contributed by atoms with Crippen molar-refractivity contribution in [2.75, 3.05) is 12.3 Å². The molecule has 0 atom stereocenters. The molecule has 0 aliphatic carbocycles. The fourth-order valence-electron chi connectivity index (χ4n) is 1.94. The van der Waals surface area contributed by atoms with Crippen molar-refractivity contribution in [2.45, 2.75) is 13.8 Å². The third-order valence-electron chi connectivity index (χ3n) is 3.05. The molecule has 0 aliphatic heterocycles. The summed E-state index contributed by atoms with van der Waals surface area (Å²) in [6, 6.07) is 7.61. The Morgan fingerprint density at radius 2 is 2.24 bits per heavy atom. The topological polar surface area (TPSA) is 74.2 Å². The van der Waals surface area contributed by atoms with Gasteiger partial charge < -0.3 is 15.0 Å². The molecule has 0 aliphatic rings. The van der Waals surface area contributed by atoms with E-state index in [1.807, 2.05) is 43.5 Å². The number of hydrogen-bond donors (Lipinski definition) is 1. The zero-order valence-electron chi connectivity index (χ0n) is 11.8. The van der Waals surface area contributed by atoms with Crippen molar-refractivity contribution >= 4 is 17.0 Å². The largest absolute Gasteiger partial charge is 0.494 e. The summed E-state index contributed by atoms with van der Waals surface area (Å²) < 4.78 is 10.8. The predicted octanol–water partition coefficient (Wildman–Crippen LogP) is 3.75. The minimum Gasteiger partial charge on any atom is -0.494 e. The lowest BCUT2D eigenvalue weighted by molar-refractivity contribution is 0.340. The molecule has 6 heteroatoms. The average molecular weight is 301 g/mol. The van der Waals surface area contributed by atoms with E-state index >= 15 is 0 Å². The van der Waals surface area contributed by atoms with Crippen LogP contribution in [-0.2, 0) is 0 Å². The summed E-state index contributed by atoms with van der Waals surface area (Å²) in [5.74, 6) is 1.76. The van der Waals surface area contributed by atoms with Crippen LogP contribution < -0.4 is 10.5 Å². The summed E-state index contributed by atoms with van der Waals surface area (Å²) in [6.07, 6.45) is 0. The van der Waals surface area contributed by atoms with Gasteiger partial charge in [-0.05, 0) is 36.9 Å². The van der Waals surface area contributed by atoms with Crippen LogP contribution in [0.4, 0.5) is 5.69 Å². The molecule has 0 unspecified atom stereocenters. The molecule has 0 saturated carbocycles. The molecule has 0 bridgehead atoms. The van der Waals surface area contributed by atoms with Gasteiger partial charge in [-0.25, -0.2) is 0 Å². The number of rotatable bonds is 4. The van der Waals surface area contributed by atoms with Gasteiger partial charge in [-0.2, -0.15) is 4.98 Å². The molecule has 0 spiro atoms. The van der Waals surface area contributed by atoms with Gasteiger partial charge in [-0.1, -0.05) is 17.3 Å². The molecule has 21 heavy (non-hydrogen) atoms. The Hall–Kier alpha value is -2.34. The molecule has 0 saturated heterocycles. The van der Waals surface area contributed by atoms with Crippen LogP contribution in [0.1, 0.15) is 12.5 Å². The number of aromatic nitrogens is 2. The summed E-state index contributed by atoms with van der Waals surface area (Å²) in [7, 11) is 0. The van der Waals surface area contributed by atoms with Crippen LogP contribution >= 0.6 is 11.3 Å². The zero-order chi connectivity index (χ0) is 14.8. The lowest BCUT2D eigenvalue weighted by Crippen LogP contribution is -1.91. The van der Waals surface area contributed by atoms with Gasteiger partial charge in [0.05, 0.1) is 12.3 Å². The molecule has 0 radical (unpaired) electrons. The number of thiophene rings is 1. The number of hydrogen-bond acceptors (Lipinski definition) is 6. The highest BCUT2D eigenvalue weighted by Gasteiger charge is 2.16. The molecule has 108 valence electrons. The van der Waals surface area contributed by atoms with E-state index in [1.165, 1.54) is 11.3 Å². The van der Waals surface area contributed by atoms with Crippen molar-refractivity contribution in [3.63, 3.8) is 0 Å². The fourth-order valence-corrected chi connectivity index (χ4v) is 2.84. The quantitative estimate of drug-likeness (QED) is 0.794. The van der Waals surface area contributed by atoms with Crippen LogP contribution in [0, 0.1) is 6.92 Å². The van der Waals surface area contributed by atoms with Crippen molar-refractivity contribution in [1.29, 1.82) is 0 Å². The maximum Gasteiger partial charge on any atom is 0.270 e. The summed E-state index contributed by atoms with van der Waals surface area (Å²) in [6.45, 7) is 4.52. The molecule has 3 aromatic rings. The third-order valence-corrected chi connectivity index (χ3v) is 4.15. The Balaban J connectivity index is 1.95. The second-order valence-corrected chi connectivity index (χ2v) is 5.43. The van der Waals surface area contributed by atoms with Crippen LogP contribution in [0.3, 0.4) is 0 Å². The highest BCUT2D eigenvalue weighted by atomic mass is 32.1. The molecule has 3 rings (SSSR count). The monoisotopic (exact) mass is 301 g/mol. The molecule has 1 aromatic carbocycles. The van der Waals surface area contributed by atoms with Crippen molar-refractivity contribution in [3.05, 3.63) is 35.2 Å². The fraction of sp³-hybridized carbons (Fsp3) is 0.200. The van der Waals surface area contributed by atoms with Crippen LogP contribution in [0.15, 0.2) is 34.2 Å². The van der Waals surface area contributed by atoms with Gasteiger partial charge in [0.1, 0.15) is 10.6 Å². The molecular weight excluding hydrogens is 286 g/mol. The lowest BCUT2D eigenvalue weighted by Gasteiger charge is -2.02. The van der Waals surface area contributed by atoms with Gasteiger partial charge >= 0.3 is 0 Å². The highest BCUT2D eigenvalue weighted by Crippen LogP contribution is 2.34. The van der Waals surface area contributed by atoms with Crippen molar-refractivity contribution in [3.8, 4) is 27.9 Å². The van der Waals surface area contributed by atoms with Gasteiger partial charge in [0.15, 0.2) is 0 Å². The standard InChI is InChI=1S/C15H15N3O2S/c1-3-19-11-6-4-5-10(7-11)14-17-15(20-18-14)13-12(16)9(2)8-21-13/h4-8H,3,16H2,1-2H3. The first-order valence-corrected chi connectivity index (χ1v) is 7.48. The van der Waals surface area contributed by atoms with Crippen LogP contribution in [-0.4, -0.2) is 16.7 Å². The van der Waals surface area contributed by atoms with Crippen LogP contribution in [0.2, 0.25) is 0 Å². The number of anilines is 1. The number of nitrogens with zero attached hydrogens (tertiary/aromatic N) is 2. The van der Waals surface area contributed by atoms with Crippen molar-refractivity contribution in [1.82, 2.24) is 10.1 Å². The normalized spacial score (nSPS) is 10.8. The number of aryl methyl sites for hydroxylation is 1. The SMILES string of the molecule is CCOc1cccc(-c2noc(-c3scc(C)c3N)n2)c1. The van der Waals surface area contributed by atoms with E-state index in [9.17, 15) is 0 Å². The van der Waals surface area contributed by atoms with E-state index in [2.05, 4.69) is 10.1 Å². The summed E-state index contributed by atoms with van der Waals surface area (Å²) >= 11 is 1.50. The number of nitrogens with two attached hydrogens (primary N) is 1. The van der Waals surface area contributed by atoms with E-state index in [1.54, 1.807) is 0 Å². The van der Waals surface area contributed by atoms with Gasteiger partial charge in [0.2, 0.25) is 5.82 Å². The van der Waals surface area contributed by atoms with E-state index in [0.717, 1.165) is 21.8 Å². The zero-order valence-corrected chi connectivity index (χ0v) is 12.6. The molecule has 0 fully saturated rings. The molecule has 2 aromatic heterocycles.